The lowest BCUT2D eigenvalue weighted by molar-refractivity contribution is 0.309. The minimum absolute atomic E-state index is 0.302. The Bertz CT molecular complexity index is 1570. The second-order valence-corrected chi connectivity index (χ2v) is 8.35. The van der Waals surface area contributed by atoms with Crippen molar-refractivity contribution < 1.29 is 13.5 Å². The predicted molar refractivity (Wildman–Crippen MR) is 127 cm³/mol. The van der Waals surface area contributed by atoms with Gasteiger partial charge in [0, 0.05) is 39.1 Å². The highest BCUT2D eigenvalue weighted by molar-refractivity contribution is 6.20. The van der Waals surface area contributed by atoms with Crippen molar-refractivity contribution in [1.29, 1.82) is 0 Å². The standard InChI is InChI=1S/C24H21F2N7O/c25-13-4-6-19-15(10-13)17-12-18-16-11-14(26)5-7-20(16)29-22(18)23(21(17)28-19)34-9-3-1-2-8-33-24(27)30-31-32-33/h4-7,10-12,28-29H,1-3,8-9H2,(H2,27,30,32). The summed E-state index contributed by atoms with van der Waals surface area (Å²) in [6.07, 6.45) is 2.56. The van der Waals surface area contributed by atoms with Gasteiger partial charge >= 0.3 is 0 Å². The third-order valence-corrected chi connectivity index (χ3v) is 6.16. The summed E-state index contributed by atoms with van der Waals surface area (Å²) >= 11 is 0. The van der Waals surface area contributed by atoms with E-state index in [0.717, 1.165) is 62.9 Å². The first kappa shape index (κ1) is 20.4. The van der Waals surface area contributed by atoms with Crippen LogP contribution in [0.15, 0.2) is 42.5 Å². The zero-order valence-corrected chi connectivity index (χ0v) is 18.1. The molecule has 0 unspecified atom stereocenters. The first-order valence-corrected chi connectivity index (χ1v) is 11.1. The molecule has 0 atom stereocenters. The Morgan fingerprint density at radius 1 is 0.824 bits per heavy atom. The number of aromatic nitrogens is 6. The Morgan fingerprint density at radius 2 is 1.47 bits per heavy atom. The molecule has 10 heteroatoms. The maximum Gasteiger partial charge on any atom is 0.240 e. The highest BCUT2D eigenvalue weighted by Gasteiger charge is 2.18. The van der Waals surface area contributed by atoms with Crippen LogP contribution in [0.1, 0.15) is 19.3 Å². The van der Waals surface area contributed by atoms with Crippen molar-refractivity contribution in [1.82, 2.24) is 30.2 Å². The minimum Gasteiger partial charge on any atom is -0.489 e. The van der Waals surface area contributed by atoms with Crippen molar-refractivity contribution in [3.05, 3.63) is 54.1 Å². The van der Waals surface area contributed by atoms with Crippen LogP contribution in [0.25, 0.3) is 43.6 Å². The largest absolute Gasteiger partial charge is 0.489 e. The van der Waals surface area contributed by atoms with Gasteiger partial charge in [-0.1, -0.05) is 5.10 Å². The fourth-order valence-corrected chi connectivity index (χ4v) is 4.53. The van der Waals surface area contributed by atoms with Crippen molar-refractivity contribution in [2.75, 3.05) is 12.3 Å². The second-order valence-electron chi connectivity index (χ2n) is 8.35. The van der Waals surface area contributed by atoms with E-state index in [9.17, 15) is 8.78 Å². The van der Waals surface area contributed by atoms with Gasteiger partial charge in [-0.05, 0) is 72.2 Å². The number of tetrazole rings is 1. The third-order valence-electron chi connectivity index (χ3n) is 6.16. The fraction of sp³-hybridized carbons (Fsp3) is 0.208. The molecule has 3 aromatic heterocycles. The van der Waals surface area contributed by atoms with Gasteiger partial charge in [-0.25, -0.2) is 13.5 Å². The molecule has 34 heavy (non-hydrogen) atoms. The number of nitrogens with one attached hydrogen (secondary N) is 2. The molecule has 0 saturated heterocycles. The summed E-state index contributed by atoms with van der Waals surface area (Å²) in [5.41, 5.74) is 8.87. The van der Waals surface area contributed by atoms with Gasteiger partial charge in [-0.15, -0.1) is 0 Å². The first-order chi connectivity index (χ1) is 16.6. The fourth-order valence-electron chi connectivity index (χ4n) is 4.53. The summed E-state index contributed by atoms with van der Waals surface area (Å²) in [5.74, 6) is 0.314. The summed E-state index contributed by atoms with van der Waals surface area (Å²) in [6, 6.07) is 11.2. The molecule has 3 aromatic carbocycles. The van der Waals surface area contributed by atoms with Crippen LogP contribution in [0.4, 0.5) is 14.7 Å². The van der Waals surface area contributed by atoms with Gasteiger partial charge in [0.2, 0.25) is 5.95 Å². The molecule has 0 aliphatic heterocycles. The second kappa shape index (κ2) is 7.98. The molecule has 0 amide bonds. The molecular weight excluding hydrogens is 440 g/mol. The van der Waals surface area contributed by atoms with Crippen LogP contribution in [-0.2, 0) is 6.54 Å². The van der Waals surface area contributed by atoms with Crippen molar-refractivity contribution in [3.63, 3.8) is 0 Å². The van der Waals surface area contributed by atoms with E-state index in [4.69, 9.17) is 10.5 Å². The number of unbranched alkanes of at least 4 members (excludes halogenated alkanes) is 2. The van der Waals surface area contributed by atoms with Crippen molar-refractivity contribution in [3.8, 4) is 5.75 Å². The van der Waals surface area contributed by atoms with Crippen LogP contribution in [0.3, 0.4) is 0 Å². The molecule has 3 heterocycles. The smallest absolute Gasteiger partial charge is 0.240 e. The zero-order valence-electron chi connectivity index (χ0n) is 18.1. The average molecular weight is 461 g/mol. The molecule has 0 spiro atoms. The van der Waals surface area contributed by atoms with E-state index in [1.54, 1.807) is 16.8 Å². The Balaban J connectivity index is 1.35. The van der Waals surface area contributed by atoms with Crippen molar-refractivity contribution >= 4 is 49.6 Å². The van der Waals surface area contributed by atoms with Gasteiger partial charge in [-0.3, -0.25) is 0 Å². The molecule has 6 aromatic rings. The van der Waals surface area contributed by atoms with E-state index in [1.807, 2.05) is 6.07 Å². The Morgan fingerprint density at radius 3 is 2.06 bits per heavy atom. The van der Waals surface area contributed by atoms with Crippen LogP contribution >= 0.6 is 0 Å². The number of benzene rings is 3. The number of fused-ring (bicyclic) bond motifs is 6. The van der Waals surface area contributed by atoms with Gasteiger partial charge in [0.1, 0.15) is 11.6 Å². The molecule has 172 valence electrons. The molecule has 4 N–H and O–H groups in total. The molecule has 6 rings (SSSR count). The van der Waals surface area contributed by atoms with Gasteiger partial charge in [0.05, 0.1) is 17.6 Å². The van der Waals surface area contributed by atoms with Gasteiger partial charge in [-0.2, -0.15) is 0 Å². The number of nitrogen functional groups attached to an aromatic ring is 1. The monoisotopic (exact) mass is 461 g/mol. The Hall–Kier alpha value is -4.21. The maximum absolute atomic E-state index is 14.0. The highest BCUT2D eigenvalue weighted by atomic mass is 19.1. The lowest BCUT2D eigenvalue weighted by Crippen LogP contribution is -2.06. The van der Waals surface area contributed by atoms with Crippen LogP contribution in [0.2, 0.25) is 0 Å². The molecule has 0 radical (unpaired) electrons. The quantitative estimate of drug-likeness (QED) is 0.288. The third kappa shape index (κ3) is 3.38. The van der Waals surface area contributed by atoms with Crippen LogP contribution < -0.4 is 10.5 Å². The summed E-state index contributed by atoms with van der Waals surface area (Å²) in [5, 5.41) is 14.2. The molecule has 0 bridgehead atoms. The number of hydrogen-bond acceptors (Lipinski definition) is 5. The molecule has 0 aliphatic carbocycles. The number of nitrogens with zero attached hydrogens (tertiary/aromatic N) is 4. The number of H-pyrrole nitrogens is 2. The van der Waals surface area contributed by atoms with E-state index in [0.29, 0.717) is 24.8 Å². The van der Waals surface area contributed by atoms with Crippen LogP contribution in [0, 0.1) is 11.6 Å². The molecule has 8 nitrogen and oxygen atoms in total. The normalized spacial score (nSPS) is 11.9. The summed E-state index contributed by atoms with van der Waals surface area (Å²) in [4.78, 5) is 6.75. The van der Waals surface area contributed by atoms with Gasteiger partial charge in [0.25, 0.3) is 0 Å². The number of rotatable bonds is 7. The topological polar surface area (TPSA) is 110 Å². The van der Waals surface area contributed by atoms with Crippen LogP contribution in [-0.4, -0.2) is 36.8 Å². The number of ether oxygens (including phenoxy) is 1. The van der Waals surface area contributed by atoms with E-state index in [1.165, 1.54) is 24.3 Å². The lowest BCUT2D eigenvalue weighted by atomic mass is 10.1. The summed E-state index contributed by atoms with van der Waals surface area (Å²) in [6.45, 7) is 1.12. The lowest BCUT2D eigenvalue weighted by Gasteiger charge is -2.09. The van der Waals surface area contributed by atoms with Crippen molar-refractivity contribution in [2.45, 2.75) is 25.8 Å². The van der Waals surface area contributed by atoms with E-state index in [2.05, 4.69) is 25.5 Å². The number of hydrogen-bond donors (Lipinski definition) is 3. The Labute approximate surface area is 191 Å². The minimum atomic E-state index is -0.316. The maximum atomic E-state index is 14.0. The van der Waals surface area contributed by atoms with E-state index in [-0.39, 0.29) is 11.6 Å². The van der Waals surface area contributed by atoms with E-state index < -0.39 is 0 Å². The highest BCUT2D eigenvalue weighted by Crippen LogP contribution is 2.41. The molecule has 0 fully saturated rings. The SMILES string of the molecule is Nc1nnnn1CCCCCOc1c2[nH]c3ccc(F)cc3c2cc2c1[nH]c1ccc(F)cc12. The van der Waals surface area contributed by atoms with Gasteiger partial charge < -0.3 is 20.4 Å². The number of nitrogens with two attached hydrogens (primary N) is 1. The molecular formula is C24H21F2N7O. The van der Waals surface area contributed by atoms with Crippen molar-refractivity contribution in [2.24, 2.45) is 0 Å². The predicted octanol–water partition coefficient (Wildman–Crippen LogP) is 5.05. The number of anilines is 1. The Kier molecular flexibility index (Phi) is 4.79. The number of aryl methyl sites for hydroxylation is 1. The number of halogens is 2. The van der Waals surface area contributed by atoms with Crippen LogP contribution in [0.5, 0.6) is 5.75 Å². The molecule has 0 aliphatic rings. The first-order valence-electron chi connectivity index (χ1n) is 11.1. The van der Waals surface area contributed by atoms with E-state index >= 15 is 0 Å². The number of aromatic amines is 2. The summed E-state index contributed by atoms with van der Waals surface area (Å²) in [7, 11) is 0. The average Bonchev–Trinajstić information content (AvgIpc) is 3.50. The molecule has 0 saturated carbocycles. The zero-order chi connectivity index (χ0) is 23.2. The summed E-state index contributed by atoms with van der Waals surface area (Å²) < 4.78 is 35.9. The van der Waals surface area contributed by atoms with Gasteiger partial charge in [0.15, 0.2) is 5.75 Å².